The van der Waals surface area contributed by atoms with Gasteiger partial charge >= 0.3 is 12.4 Å². The number of aryl methyl sites for hydroxylation is 1. The van der Waals surface area contributed by atoms with E-state index in [0.717, 1.165) is 11.1 Å². The fraction of sp³-hybridized carbons (Fsp3) is 0.345. The first kappa shape index (κ1) is 30.8. The van der Waals surface area contributed by atoms with E-state index in [0.29, 0.717) is 23.3 Å². The summed E-state index contributed by atoms with van der Waals surface area (Å²) in [6.45, 7) is 1.22. The van der Waals surface area contributed by atoms with Gasteiger partial charge in [-0.05, 0) is 72.5 Å². The molecule has 2 aromatic carbocycles. The van der Waals surface area contributed by atoms with Crippen molar-refractivity contribution < 1.29 is 45.4 Å². The molecule has 42 heavy (non-hydrogen) atoms. The molecule has 1 aliphatic rings. The van der Waals surface area contributed by atoms with E-state index in [1.807, 2.05) is 0 Å². The molecule has 13 heteroatoms. The van der Waals surface area contributed by atoms with E-state index in [-0.39, 0.29) is 42.6 Å². The van der Waals surface area contributed by atoms with Crippen LogP contribution in [0.1, 0.15) is 50.6 Å². The first-order valence-electron chi connectivity index (χ1n) is 12.8. The van der Waals surface area contributed by atoms with Gasteiger partial charge in [-0.25, -0.2) is 9.37 Å². The smallest absolute Gasteiger partial charge is 0.416 e. The van der Waals surface area contributed by atoms with E-state index >= 15 is 0 Å². The van der Waals surface area contributed by atoms with Crippen LogP contribution in [0.5, 0.6) is 5.75 Å². The number of amides is 2. The van der Waals surface area contributed by atoms with Crippen molar-refractivity contribution in [3.05, 3.63) is 94.1 Å². The highest BCUT2D eigenvalue weighted by Crippen LogP contribution is 2.38. The number of carbonyl (C=O) groups excluding carboxylic acids is 2. The predicted molar refractivity (Wildman–Crippen MR) is 137 cm³/mol. The van der Waals surface area contributed by atoms with Gasteiger partial charge in [0.15, 0.2) is 0 Å². The minimum atomic E-state index is -5.03. The average molecular weight is 598 g/mol. The molecule has 0 spiro atoms. The Labute approximate surface area is 236 Å². The second-order valence-corrected chi connectivity index (χ2v) is 10.3. The normalized spacial score (nSPS) is 17.7. The Hall–Kier alpha value is -4.16. The van der Waals surface area contributed by atoms with Crippen molar-refractivity contribution in [1.29, 1.82) is 0 Å². The summed E-state index contributed by atoms with van der Waals surface area (Å²) in [5.41, 5.74) is -2.20. The number of rotatable bonds is 5. The zero-order valence-electron chi connectivity index (χ0n) is 22.4. The van der Waals surface area contributed by atoms with Crippen LogP contribution in [0.2, 0.25) is 0 Å². The van der Waals surface area contributed by atoms with E-state index in [1.165, 1.54) is 42.3 Å². The van der Waals surface area contributed by atoms with E-state index in [4.69, 9.17) is 0 Å². The molecular formula is C29H26F7N3O3. The summed E-state index contributed by atoms with van der Waals surface area (Å²) in [5.74, 6) is -3.15. The number of likely N-dealkylation sites (tertiary alicyclic amines) is 1. The van der Waals surface area contributed by atoms with E-state index in [2.05, 4.69) is 4.98 Å². The maximum Gasteiger partial charge on any atom is 0.416 e. The molecule has 1 aliphatic heterocycles. The summed E-state index contributed by atoms with van der Waals surface area (Å²) >= 11 is 0. The van der Waals surface area contributed by atoms with Gasteiger partial charge in [0, 0.05) is 38.5 Å². The summed E-state index contributed by atoms with van der Waals surface area (Å²) in [5, 5.41) is 9.48. The summed E-state index contributed by atoms with van der Waals surface area (Å²) < 4.78 is 94.0. The molecule has 1 fully saturated rings. The van der Waals surface area contributed by atoms with Gasteiger partial charge < -0.3 is 14.9 Å². The quantitative estimate of drug-likeness (QED) is 0.357. The molecule has 3 aromatic rings. The number of benzene rings is 2. The van der Waals surface area contributed by atoms with E-state index < -0.39 is 59.5 Å². The van der Waals surface area contributed by atoms with E-state index in [1.54, 1.807) is 6.92 Å². The lowest BCUT2D eigenvalue weighted by molar-refractivity contribution is -0.143. The van der Waals surface area contributed by atoms with Crippen molar-refractivity contribution in [3.63, 3.8) is 0 Å². The highest BCUT2D eigenvalue weighted by molar-refractivity contribution is 5.92. The first-order valence-corrected chi connectivity index (χ1v) is 12.8. The molecule has 2 amide bonds. The molecule has 0 radical (unpaired) electrons. The molecule has 1 aromatic heterocycles. The molecular weight excluding hydrogens is 571 g/mol. The maximum absolute atomic E-state index is 13.9. The number of pyridine rings is 1. The van der Waals surface area contributed by atoms with Gasteiger partial charge in [0.2, 0.25) is 5.91 Å². The van der Waals surface area contributed by atoms with Crippen molar-refractivity contribution >= 4 is 11.8 Å². The van der Waals surface area contributed by atoms with Gasteiger partial charge in [-0.1, -0.05) is 6.07 Å². The minimum Gasteiger partial charge on any atom is -0.506 e. The lowest BCUT2D eigenvalue weighted by atomic mass is 9.78. The highest BCUT2D eigenvalue weighted by atomic mass is 19.4. The van der Waals surface area contributed by atoms with Crippen LogP contribution >= 0.6 is 0 Å². The van der Waals surface area contributed by atoms with Crippen LogP contribution in [0.25, 0.3) is 0 Å². The first-order chi connectivity index (χ1) is 19.5. The molecule has 0 unspecified atom stereocenters. The van der Waals surface area contributed by atoms with Gasteiger partial charge in [0.05, 0.1) is 17.3 Å². The lowest BCUT2D eigenvalue weighted by Gasteiger charge is -2.40. The Morgan fingerprint density at radius 3 is 2.19 bits per heavy atom. The number of aromatic nitrogens is 1. The second kappa shape index (κ2) is 11.6. The van der Waals surface area contributed by atoms with Gasteiger partial charge in [0.1, 0.15) is 17.3 Å². The fourth-order valence-electron chi connectivity index (χ4n) is 5.22. The third-order valence-electron chi connectivity index (χ3n) is 7.26. The van der Waals surface area contributed by atoms with Crippen molar-refractivity contribution in [2.45, 2.75) is 38.2 Å². The average Bonchev–Trinajstić information content (AvgIpc) is 2.91. The Bertz CT molecular complexity index is 1440. The Kier molecular flexibility index (Phi) is 8.51. The van der Waals surface area contributed by atoms with Crippen LogP contribution in [0.3, 0.4) is 0 Å². The second-order valence-electron chi connectivity index (χ2n) is 10.3. The molecule has 0 aliphatic carbocycles. The topological polar surface area (TPSA) is 73.7 Å². The largest absolute Gasteiger partial charge is 0.506 e. The minimum absolute atomic E-state index is 0.0138. The number of nitrogens with zero attached hydrogens (tertiary/aromatic N) is 3. The number of aromatic hydroxyl groups is 1. The van der Waals surface area contributed by atoms with Crippen LogP contribution in [0.4, 0.5) is 30.7 Å². The number of piperidine rings is 1. The Morgan fingerprint density at radius 2 is 1.64 bits per heavy atom. The van der Waals surface area contributed by atoms with Crippen LogP contribution < -0.4 is 0 Å². The molecule has 2 atom stereocenters. The SMILES string of the molecule is Cc1cc(F)ccc1[C@@H]1CN(C(=O)c2ccc(O)cn2)CC[C@H]1C(=O)N(C)Cc1cc(C(F)(F)F)cc(C(F)(F)F)c1. The maximum atomic E-state index is 13.9. The van der Waals surface area contributed by atoms with E-state index in [9.17, 15) is 45.4 Å². The monoisotopic (exact) mass is 597 g/mol. The van der Waals surface area contributed by atoms with Crippen LogP contribution in [-0.4, -0.2) is 51.8 Å². The van der Waals surface area contributed by atoms with Crippen molar-refractivity contribution in [1.82, 2.24) is 14.8 Å². The molecule has 1 saturated heterocycles. The van der Waals surface area contributed by atoms with Crippen molar-refractivity contribution in [2.24, 2.45) is 5.92 Å². The molecule has 2 heterocycles. The number of hydrogen-bond donors (Lipinski definition) is 1. The Balaban J connectivity index is 1.63. The van der Waals surface area contributed by atoms with Crippen molar-refractivity contribution in [3.8, 4) is 5.75 Å². The third-order valence-corrected chi connectivity index (χ3v) is 7.26. The van der Waals surface area contributed by atoms with Gasteiger partial charge in [0.25, 0.3) is 5.91 Å². The number of halogens is 7. The van der Waals surface area contributed by atoms with Crippen molar-refractivity contribution in [2.75, 3.05) is 20.1 Å². The summed E-state index contributed by atoms with van der Waals surface area (Å²) in [6, 6.07) is 7.77. The van der Waals surface area contributed by atoms with Gasteiger partial charge in [-0.15, -0.1) is 0 Å². The summed E-state index contributed by atoms with van der Waals surface area (Å²) in [4.78, 5) is 33.3. The summed E-state index contributed by atoms with van der Waals surface area (Å²) in [7, 11) is 1.28. The summed E-state index contributed by atoms with van der Waals surface area (Å²) in [6.07, 6.45) is -8.84. The molecule has 4 rings (SSSR count). The van der Waals surface area contributed by atoms with Gasteiger partial charge in [-0.2, -0.15) is 26.3 Å². The molecule has 1 N–H and O–H groups in total. The molecule has 0 saturated carbocycles. The standard InChI is InChI=1S/C29H26F7N3O3/c1-16-9-20(30)3-5-22(16)24-15-39(27(42)25-6-4-21(40)13-37-25)8-7-23(24)26(41)38(2)14-17-10-18(28(31,32)33)12-19(11-17)29(34,35)36/h3-6,9-13,23-24,40H,7-8,14-15H2,1-2H3/t23-,24+/m1/s1. The van der Waals surface area contributed by atoms with Crippen LogP contribution in [0.15, 0.2) is 54.7 Å². The number of alkyl halides is 6. The molecule has 224 valence electrons. The predicted octanol–water partition coefficient (Wildman–Crippen LogP) is 6.18. The zero-order valence-corrected chi connectivity index (χ0v) is 22.4. The number of hydrogen-bond acceptors (Lipinski definition) is 4. The van der Waals surface area contributed by atoms with Gasteiger partial charge in [-0.3, -0.25) is 9.59 Å². The molecule has 6 nitrogen and oxygen atoms in total. The zero-order chi connectivity index (χ0) is 31.0. The number of carbonyl (C=O) groups is 2. The molecule has 0 bridgehead atoms. The van der Waals surface area contributed by atoms with Crippen LogP contribution in [0, 0.1) is 18.7 Å². The Morgan fingerprint density at radius 1 is 1.00 bits per heavy atom. The highest BCUT2D eigenvalue weighted by Gasteiger charge is 2.40. The lowest BCUT2D eigenvalue weighted by Crippen LogP contribution is -2.48. The fourth-order valence-corrected chi connectivity index (χ4v) is 5.22. The third kappa shape index (κ3) is 6.82. The van der Waals surface area contributed by atoms with Crippen LogP contribution in [-0.2, 0) is 23.7 Å².